The van der Waals surface area contributed by atoms with Gasteiger partial charge in [-0.05, 0) is 35.9 Å². The minimum Gasteiger partial charge on any atom is -0.451 e. The summed E-state index contributed by atoms with van der Waals surface area (Å²) in [6, 6.07) is 4.15. The van der Waals surface area contributed by atoms with E-state index in [0.29, 0.717) is 6.07 Å². The molecule has 0 atom stereocenters. The second kappa shape index (κ2) is 6.10. The van der Waals surface area contributed by atoms with Crippen molar-refractivity contribution < 1.29 is 31.8 Å². The molecule has 0 aliphatic carbocycles. The van der Waals surface area contributed by atoms with Gasteiger partial charge in [-0.3, -0.25) is 0 Å². The molecule has 118 valence electrons. The summed E-state index contributed by atoms with van der Waals surface area (Å²) in [7, 11) is 0. The van der Waals surface area contributed by atoms with Crippen molar-refractivity contribution in [1.82, 2.24) is 0 Å². The Morgan fingerprint density at radius 1 is 1.05 bits per heavy atom. The molecule has 0 saturated heterocycles. The van der Waals surface area contributed by atoms with Crippen LogP contribution in [0.1, 0.15) is 11.1 Å². The van der Waals surface area contributed by atoms with Crippen molar-refractivity contribution in [2.24, 2.45) is 0 Å². The molecule has 0 aliphatic rings. The van der Waals surface area contributed by atoms with E-state index in [9.17, 15) is 22.0 Å². The minimum absolute atomic E-state index is 0.0329. The van der Waals surface area contributed by atoms with Gasteiger partial charge in [-0.2, -0.15) is 13.2 Å². The molecule has 0 unspecified atom stereocenters. The highest BCUT2D eigenvalue weighted by molar-refractivity contribution is 6.31. The lowest BCUT2D eigenvalue weighted by Gasteiger charge is -2.13. The maximum Gasteiger partial charge on any atom is 0.417 e. The molecule has 8 heteroatoms. The van der Waals surface area contributed by atoms with Crippen LogP contribution in [0, 0.1) is 11.6 Å². The highest BCUT2D eigenvalue weighted by Crippen LogP contribution is 2.38. The van der Waals surface area contributed by atoms with Gasteiger partial charge in [-0.25, -0.2) is 8.78 Å². The highest BCUT2D eigenvalue weighted by atomic mass is 35.5. The van der Waals surface area contributed by atoms with Crippen LogP contribution in [0.4, 0.5) is 22.0 Å². The van der Waals surface area contributed by atoms with Gasteiger partial charge in [0.05, 0.1) is 17.2 Å². The van der Waals surface area contributed by atoms with Gasteiger partial charge in [0.1, 0.15) is 5.75 Å². The van der Waals surface area contributed by atoms with E-state index in [1.54, 1.807) is 0 Å². The fraction of sp³-hybridized carbons (Fsp3) is 0.143. The number of rotatable bonds is 3. The molecule has 2 nitrogen and oxygen atoms in total. The first kappa shape index (κ1) is 16.5. The predicted molar refractivity (Wildman–Crippen MR) is 68.8 cm³/mol. The number of hydrogen-bond donors (Lipinski definition) is 1. The first-order valence-corrected chi connectivity index (χ1v) is 6.23. The minimum atomic E-state index is -4.73. The van der Waals surface area contributed by atoms with Gasteiger partial charge in [-0.1, -0.05) is 11.6 Å². The van der Waals surface area contributed by atoms with Gasteiger partial charge in [0.2, 0.25) is 0 Å². The van der Waals surface area contributed by atoms with Crippen LogP contribution >= 0.6 is 11.6 Å². The molecule has 2 aromatic carbocycles. The first-order chi connectivity index (χ1) is 10.2. The maximum absolute atomic E-state index is 13.7. The van der Waals surface area contributed by atoms with Crippen LogP contribution < -0.4 is 4.74 Å². The number of halogens is 6. The second-order valence-corrected chi connectivity index (χ2v) is 4.70. The molecule has 0 bridgehead atoms. The lowest BCUT2D eigenvalue weighted by atomic mass is 10.2. The molecule has 2 rings (SSSR count). The van der Waals surface area contributed by atoms with Crippen LogP contribution in [0.5, 0.6) is 11.5 Å². The molecule has 0 heterocycles. The van der Waals surface area contributed by atoms with Crippen molar-refractivity contribution in [2.45, 2.75) is 12.8 Å². The number of aliphatic hydroxyl groups is 1. The summed E-state index contributed by atoms with van der Waals surface area (Å²) in [5.41, 5.74) is -1.21. The van der Waals surface area contributed by atoms with Crippen molar-refractivity contribution in [3.05, 3.63) is 58.1 Å². The van der Waals surface area contributed by atoms with E-state index in [4.69, 9.17) is 21.4 Å². The summed E-state index contributed by atoms with van der Waals surface area (Å²) in [5.74, 6) is -3.58. The third-order valence-electron chi connectivity index (χ3n) is 2.70. The predicted octanol–water partition coefficient (Wildman–Crippen LogP) is 4.92. The lowest BCUT2D eigenvalue weighted by molar-refractivity contribution is -0.137. The monoisotopic (exact) mass is 338 g/mol. The number of aliphatic hydroxyl groups excluding tert-OH is 1. The SMILES string of the molecule is OCc1cc(F)c(Oc2ccc(Cl)c(C(F)(F)F)c2)c(F)c1. The summed E-state index contributed by atoms with van der Waals surface area (Å²) in [6.45, 7) is -0.590. The average molecular weight is 339 g/mol. The number of hydrogen-bond acceptors (Lipinski definition) is 2. The lowest BCUT2D eigenvalue weighted by Crippen LogP contribution is -2.06. The fourth-order valence-electron chi connectivity index (χ4n) is 1.70. The summed E-state index contributed by atoms with van der Waals surface area (Å²) in [6.07, 6.45) is -4.73. The fourth-order valence-corrected chi connectivity index (χ4v) is 1.93. The Kier molecular flexibility index (Phi) is 4.58. The topological polar surface area (TPSA) is 29.5 Å². The van der Waals surface area contributed by atoms with Crippen LogP contribution in [0.25, 0.3) is 0 Å². The number of alkyl halides is 3. The molecule has 22 heavy (non-hydrogen) atoms. The van der Waals surface area contributed by atoms with E-state index in [-0.39, 0.29) is 5.56 Å². The van der Waals surface area contributed by atoms with E-state index >= 15 is 0 Å². The Morgan fingerprint density at radius 3 is 2.14 bits per heavy atom. The molecule has 0 spiro atoms. The molecule has 0 fully saturated rings. The van der Waals surface area contributed by atoms with Crippen molar-refractivity contribution in [2.75, 3.05) is 0 Å². The summed E-state index contributed by atoms with van der Waals surface area (Å²) in [5, 5.41) is 8.25. The molecule has 0 aliphatic heterocycles. The van der Waals surface area contributed by atoms with Crippen LogP contribution in [0.15, 0.2) is 30.3 Å². The highest BCUT2D eigenvalue weighted by Gasteiger charge is 2.33. The third-order valence-corrected chi connectivity index (χ3v) is 3.03. The first-order valence-electron chi connectivity index (χ1n) is 5.85. The Hall–Kier alpha value is -1.86. The Morgan fingerprint density at radius 2 is 1.64 bits per heavy atom. The quantitative estimate of drug-likeness (QED) is 0.805. The van der Waals surface area contributed by atoms with Crippen LogP contribution in [-0.4, -0.2) is 5.11 Å². The molecule has 0 amide bonds. The van der Waals surface area contributed by atoms with Crippen LogP contribution in [0.2, 0.25) is 5.02 Å². The van der Waals surface area contributed by atoms with Crippen molar-refractivity contribution in [1.29, 1.82) is 0 Å². The normalized spacial score (nSPS) is 11.6. The molecule has 2 aromatic rings. The molecule has 0 radical (unpaired) electrons. The summed E-state index contributed by atoms with van der Waals surface area (Å²) >= 11 is 5.43. The molecular weight excluding hydrogens is 331 g/mol. The summed E-state index contributed by atoms with van der Waals surface area (Å²) < 4.78 is 70.3. The van der Waals surface area contributed by atoms with E-state index in [1.165, 1.54) is 0 Å². The van der Waals surface area contributed by atoms with E-state index in [1.807, 2.05) is 0 Å². The zero-order valence-corrected chi connectivity index (χ0v) is 11.5. The van der Waals surface area contributed by atoms with E-state index in [0.717, 1.165) is 24.3 Å². The maximum atomic E-state index is 13.7. The summed E-state index contributed by atoms with van der Waals surface area (Å²) in [4.78, 5) is 0. The second-order valence-electron chi connectivity index (χ2n) is 4.29. The Labute approximate surface area is 126 Å². The molecular formula is C14H8ClF5O2. The number of ether oxygens (including phenoxy) is 1. The number of benzene rings is 2. The molecule has 0 aromatic heterocycles. The molecule has 1 N–H and O–H groups in total. The largest absolute Gasteiger partial charge is 0.451 e. The van der Waals surface area contributed by atoms with Gasteiger partial charge in [0, 0.05) is 0 Å². The zero-order valence-electron chi connectivity index (χ0n) is 10.7. The van der Waals surface area contributed by atoms with Crippen molar-refractivity contribution >= 4 is 11.6 Å². The van der Waals surface area contributed by atoms with Crippen LogP contribution in [-0.2, 0) is 12.8 Å². The zero-order chi connectivity index (χ0) is 16.5. The smallest absolute Gasteiger partial charge is 0.417 e. The standard InChI is InChI=1S/C14H8ClF5O2/c15-10-2-1-8(5-9(10)14(18,19)20)22-13-11(16)3-7(6-21)4-12(13)17/h1-5,21H,6H2. The Bertz CT molecular complexity index is 677. The average Bonchev–Trinajstić information content (AvgIpc) is 2.43. The van der Waals surface area contributed by atoms with Crippen molar-refractivity contribution in [3.8, 4) is 11.5 Å². The Balaban J connectivity index is 2.40. The van der Waals surface area contributed by atoms with Gasteiger partial charge in [-0.15, -0.1) is 0 Å². The van der Waals surface area contributed by atoms with Crippen LogP contribution in [0.3, 0.4) is 0 Å². The van der Waals surface area contributed by atoms with E-state index < -0.39 is 46.5 Å². The van der Waals surface area contributed by atoms with Gasteiger partial charge in [0.25, 0.3) is 0 Å². The van der Waals surface area contributed by atoms with Gasteiger partial charge < -0.3 is 9.84 Å². The third kappa shape index (κ3) is 3.48. The van der Waals surface area contributed by atoms with Crippen molar-refractivity contribution in [3.63, 3.8) is 0 Å². The van der Waals surface area contributed by atoms with Gasteiger partial charge in [0.15, 0.2) is 17.4 Å². The van der Waals surface area contributed by atoms with Gasteiger partial charge >= 0.3 is 6.18 Å². The van der Waals surface area contributed by atoms with E-state index in [2.05, 4.69) is 0 Å². The molecule has 0 saturated carbocycles.